The first kappa shape index (κ1) is 19.0. The molecular weight excluding hydrogens is 370 g/mol. The van der Waals surface area contributed by atoms with Crippen molar-refractivity contribution < 1.29 is 23.0 Å². The third-order valence-corrected chi connectivity index (χ3v) is 3.73. The molecule has 0 saturated carbocycles. The average molecular weight is 386 g/mol. The van der Waals surface area contributed by atoms with Gasteiger partial charge in [0.05, 0.1) is 38.0 Å². The smallest absolute Gasteiger partial charge is 0.275 e. The Morgan fingerprint density at radius 1 is 0.964 bits per heavy atom. The van der Waals surface area contributed by atoms with Gasteiger partial charge in [-0.1, -0.05) is 0 Å². The lowest BCUT2D eigenvalue weighted by Crippen LogP contribution is -2.15. The van der Waals surface area contributed by atoms with E-state index in [-0.39, 0.29) is 11.4 Å². The number of carbonyl (C=O) groups is 1. The van der Waals surface area contributed by atoms with E-state index in [2.05, 4.69) is 20.6 Å². The number of hydrogen-bond donors (Lipinski definition) is 2. The summed E-state index contributed by atoms with van der Waals surface area (Å²) in [6.45, 7) is 0. The second-order valence-corrected chi connectivity index (χ2v) is 5.56. The quantitative estimate of drug-likeness (QED) is 0.671. The fourth-order valence-corrected chi connectivity index (χ4v) is 2.34. The molecule has 1 amide bonds. The maximum atomic E-state index is 13.6. The first-order chi connectivity index (χ1) is 13.5. The predicted octanol–water partition coefficient (Wildman–Crippen LogP) is 3.77. The maximum absolute atomic E-state index is 13.6. The molecule has 0 bridgehead atoms. The number of nitrogens with one attached hydrogen (secondary N) is 2. The summed E-state index contributed by atoms with van der Waals surface area (Å²) in [7, 11) is 3.07. The van der Waals surface area contributed by atoms with Gasteiger partial charge in [-0.2, -0.15) is 0 Å². The summed E-state index contributed by atoms with van der Waals surface area (Å²) < 4.78 is 37.0. The Morgan fingerprint density at radius 3 is 2.43 bits per heavy atom. The molecule has 7 nitrogen and oxygen atoms in total. The van der Waals surface area contributed by atoms with E-state index in [9.17, 15) is 13.6 Å². The molecule has 0 aliphatic carbocycles. The van der Waals surface area contributed by atoms with Crippen LogP contribution in [0.5, 0.6) is 11.5 Å². The Kier molecular flexibility index (Phi) is 5.64. The zero-order valence-corrected chi connectivity index (χ0v) is 15.0. The Balaban J connectivity index is 1.74. The largest absolute Gasteiger partial charge is 0.497 e. The van der Waals surface area contributed by atoms with Gasteiger partial charge >= 0.3 is 0 Å². The molecule has 0 atom stereocenters. The minimum Gasteiger partial charge on any atom is -0.497 e. The summed E-state index contributed by atoms with van der Waals surface area (Å²) in [4.78, 5) is 20.3. The number of hydrogen-bond acceptors (Lipinski definition) is 6. The molecule has 1 heterocycles. The molecule has 0 unspecified atom stereocenters. The lowest BCUT2D eigenvalue weighted by molar-refractivity contribution is 0.102. The molecule has 0 spiro atoms. The van der Waals surface area contributed by atoms with Crippen molar-refractivity contribution in [1.82, 2.24) is 9.97 Å². The third kappa shape index (κ3) is 4.32. The van der Waals surface area contributed by atoms with Gasteiger partial charge in [0.15, 0.2) is 0 Å². The summed E-state index contributed by atoms with van der Waals surface area (Å²) in [5.41, 5.74) is 0.408. The van der Waals surface area contributed by atoms with Crippen LogP contribution in [0.15, 0.2) is 48.8 Å². The number of nitrogens with zero attached hydrogens (tertiary/aromatic N) is 2. The number of ether oxygens (including phenoxy) is 2. The van der Waals surface area contributed by atoms with Crippen molar-refractivity contribution in [2.75, 3.05) is 24.9 Å². The van der Waals surface area contributed by atoms with Crippen LogP contribution in [-0.4, -0.2) is 30.1 Å². The zero-order chi connectivity index (χ0) is 20.1. The number of amides is 1. The van der Waals surface area contributed by atoms with Crippen LogP contribution >= 0.6 is 0 Å². The van der Waals surface area contributed by atoms with Crippen LogP contribution in [-0.2, 0) is 0 Å². The van der Waals surface area contributed by atoms with E-state index < -0.39 is 17.5 Å². The van der Waals surface area contributed by atoms with Gasteiger partial charge in [0.25, 0.3) is 5.91 Å². The monoisotopic (exact) mass is 386 g/mol. The van der Waals surface area contributed by atoms with Gasteiger partial charge in [0.1, 0.15) is 34.6 Å². The predicted molar refractivity (Wildman–Crippen MR) is 99.2 cm³/mol. The van der Waals surface area contributed by atoms with Crippen molar-refractivity contribution in [2.24, 2.45) is 0 Å². The molecule has 144 valence electrons. The van der Waals surface area contributed by atoms with Gasteiger partial charge < -0.3 is 20.1 Å². The van der Waals surface area contributed by atoms with Gasteiger partial charge in [0.2, 0.25) is 0 Å². The van der Waals surface area contributed by atoms with Gasteiger partial charge in [-0.25, -0.2) is 18.7 Å². The highest BCUT2D eigenvalue weighted by Crippen LogP contribution is 2.30. The molecule has 3 aromatic rings. The third-order valence-electron chi connectivity index (χ3n) is 3.73. The molecule has 0 radical (unpaired) electrons. The van der Waals surface area contributed by atoms with Crippen LogP contribution in [0.1, 0.15) is 10.5 Å². The Labute approximate surface area is 159 Å². The number of halogens is 2. The van der Waals surface area contributed by atoms with E-state index in [1.165, 1.54) is 19.5 Å². The number of methoxy groups -OCH3 is 2. The van der Waals surface area contributed by atoms with E-state index in [1.54, 1.807) is 25.3 Å². The highest BCUT2D eigenvalue weighted by Gasteiger charge is 2.13. The molecule has 1 aromatic heterocycles. The van der Waals surface area contributed by atoms with Crippen molar-refractivity contribution in [3.05, 3.63) is 66.1 Å². The number of carbonyl (C=O) groups excluding carboxylic acids is 1. The molecule has 0 fully saturated rings. The fraction of sp³-hybridized carbons (Fsp3) is 0.105. The van der Waals surface area contributed by atoms with Gasteiger partial charge in [0, 0.05) is 12.1 Å². The Hall–Kier alpha value is -3.75. The summed E-state index contributed by atoms with van der Waals surface area (Å²) >= 11 is 0. The topological polar surface area (TPSA) is 85.4 Å². The van der Waals surface area contributed by atoms with Crippen LogP contribution in [0.4, 0.5) is 26.0 Å². The van der Waals surface area contributed by atoms with Crippen molar-refractivity contribution in [1.29, 1.82) is 0 Å². The van der Waals surface area contributed by atoms with Gasteiger partial charge in [-0.15, -0.1) is 0 Å². The summed E-state index contributed by atoms with van der Waals surface area (Å²) in [5, 5.41) is 5.33. The van der Waals surface area contributed by atoms with Gasteiger partial charge in [-0.3, -0.25) is 4.79 Å². The molecule has 2 N–H and O–H groups in total. The minimum absolute atomic E-state index is 0.0353. The van der Waals surface area contributed by atoms with Crippen LogP contribution in [0, 0.1) is 11.6 Å². The molecule has 28 heavy (non-hydrogen) atoms. The second-order valence-electron chi connectivity index (χ2n) is 5.56. The SMILES string of the molecule is COc1ccc(OC)c(Nc2cnc(C(=O)Nc3ccc(F)cc3F)cn2)c1. The number of rotatable bonds is 6. The molecule has 0 aliphatic heterocycles. The number of anilines is 3. The number of benzene rings is 2. The van der Waals surface area contributed by atoms with E-state index in [0.29, 0.717) is 29.1 Å². The standard InChI is InChI=1S/C19H16F2N4O3/c1-27-12-4-6-17(28-2)15(8-12)24-18-10-22-16(9-23-18)19(26)25-14-5-3-11(20)7-13(14)21/h3-10H,1-2H3,(H,23,24)(H,25,26). The van der Waals surface area contributed by atoms with E-state index >= 15 is 0 Å². The zero-order valence-electron chi connectivity index (χ0n) is 15.0. The molecule has 2 aromatic carbocycles. The van der Waals surface area contributed by atoms with Crippen LogP contribution < -0.4 is 20.1 Å². The second kappa shape index (κ2) is 8.30. The molecule has 0 saturated heterocycles. The van der Waals surface area contributed by atoms with E-state index in [4.69, 9.17) is 9.47 Å². The first-order valence-electron chi connectivity index (χ1n) is 8.07. The van der Waals surface area contributed by atoms with Crippen molar-refractivity contribution >= 4 is 23.1 Å². The summed E-state index contributed by atoms with van der Waals surface area (Å²) in [5.74, 6) is -0.757. The summed E-state index contributed by atoms with van der Waals surface area (Å²) in [6.07, 6.45) is 2.57. The molecule has 9 heteroatoms. The van der Waals surface area contributed by atoms with E-state index in [1.807, 2.05) is 0 Å². The fourth-order valence-electron chi connectivity index (χ4n) is 2.34. The van der Waals surface area contributed by atoms with E-state index in [0.717, 1.165) is 12.1 Å². The Bertz CT molecular complexity index is 997. The minimum atomic E-state index is -0.885. The highest BCUT2D eigenvalue weighted by molar-refractivity contribution is 6.02. The highest BCUT2D eigenvalue weighted by atomic mass is 19.1. The molecular formula is C19H16F2N4O3. The van der Waals surface area contributed by atoms with Gasteiger partial charge in [-0.05, 0) is 24.3 Å². The maximum Gasteiger partial charge on any atom is 0.275 e. The molecule has 0 aliphatic rings. The normalized spacial score (nSPS) is 10.3. The van der Waals surface area contributed by atoms with Crippen molar-refractivity contribution in [3.63, 3.8) is 0 Å². The van der Waals surface area contributed by atoms with Crippen LogP contribution in [0.2, 0.25) is 0 Å². The summed E-state index contributed by atoms with van der Waals surface area (Å²) in [6, 6.07) is 8.04. The number of aromatic nitrogens is 2. The van der Waals surface area contributed by atoms with Crippen molar-refractivity contribution in [2.45, 2.75) is 0 Å². The first-order valence-corrected chi connectivity index (χ1v) is 8.07. The average Bonchev–Trinajstić information content (AvgIpc) is 2.70. The Morgan fingerprint density at radius 2 is 1.79 bits per heavy atom. The lowest BCUT2D eigenvalue weighted by Gasteiger charge is -2.12. The molecule has 3 rings (SSSR count). The lowest BCUT2D eigenvalue weighted by atomic mass is 10.2. The van der Waals surface area contributed by atoms with Crippen LogP contribution in [0.3, 0.4) is 0 Å². The van der Waals surface area contributed by atoms with Crippen LogP contribution in [0.25, 0.3) is 0 Å². The van der Waals surface area contributed by atoms with Crippen molar-refractivity contribution in [3.8, 4) is 11.5 Å².